The second-order valence-corrected chi connectivity index (χ2v) is 6.38. The van der Waals surface area contributed by atoms with Crippen molar-refractivity contribution in [2.45, 2.75) is 0 Å². The van der Waals surface area contributed by atoms with Crippen LogP contribution in [0.25, 0.3) is 22.4 Å². The van der Waals surface area contributed by atoms with Gasteiger partial charge in [0.1, 0.15) is 5.82 Å². The van der Waals surface area contributed by atoms with E-state index in [1.54, 1.807) is 30.3 Å². The van der Waals surface area contributed by atoms with E-state index in [0.29, 0.717) is 28.1 Å². The number of non-ortho nitro benzene ring substituents is 2. The third kappa shape index (κ3) is 3.69. The van der Waals surface area contributed by atoms with Gasteiger partial charge < -0.3 is 10.3 Å². The maximum absolute atomic E-state index is 12.3. The standard InChI is InChI=1S/C20H13N5O5/c26-20(13-3-7-15(8-4-13)24(27)28)21-14-5-1-12(2-6-14)19-22-17-10-9-16(25(29)30)11-18(17)23-19/h1-11H,(H,21,26)(H,22,23). The monoisotopic (exact) mass is 403 g/mol. The Morgan fingerprint density at radius 3 is 2.13 bits per heavy atom. The van der Waals surface area contributed by atoms with Crippen LogP contribution in [0.1, 0.15) is 10.4 Å². The zero-order valence-corrected chi connectivity index (χ0v) is 15.2. The van der Waals surface area contributed by atoms with E-state index in [1.807, 2.05) is 0 Å². The Morgan fingerprint density at radius 2 is 1.50 bits per heavy atom. The van der Waals surface area contributed by atoms with E-state index in [0.717, 1.165) is 5.56 Å². The normalized spacial score (nSPS) is 10.7. The Morgan fingerprint density at radius 1 is 0.867 bits per heavy atom. The molecule has 30 heavy (non-hydrogen) atoms. The van der Waals surface area contributed by atoms with Crippen molar-refractivity contribution in [1.29, 1.82) is 0 Å². The summed E-state index contributed by atoms with van der Waals surface area (Å²) in [6.45, 7) is 0. The molecular weight excluding hydrogens is 390 g/mol. The molecule has 1 heterocycles. The summed E-state index contributed by atoms with van der Waals surface area (Å²) in [5.41, 5.74) is 2.61. The fraction of sp³-hybridized carbons (Fsp3) is 0. The summed E-state index contributed by atoms with van der Waals surface area (Å²) in [5, 5.41) is 24.3. The highest BCUT2D eigenvalue weighted by molar-refractivity contribution is 6.04. The Labute approximate surface area is 168 Å². The highest BCUT2D eigenvalue weighted by Gasteiger charge is 2.12. The summed E-state index contributed by atoms with van der Waals surface area (Å²) in [7, 11) is 0. The fourth-order valence-electron chi connectivity index (χ4n) is 2.90. The second kappa shape index (κ2) is 7.43. The van der Waals surface area contributed by atoms with E-state index >= 15 is 0 Å². The SMILES string of the molecule is O=C(Nc1ccc(-c2nc3ccc([N+](=O)[O-])cc3[nH]2)cc1)c1ccc([N+](=O)[O-])cc1. The van der Waals surface area contributed by atoms with Crippen molar-refractivity contribution < 1.29 is 14.6 Å². The van der Waals surface area contributed by atoms with Crippen molar-refractivity contribution in [3.05, 3.63) is 92.5 Å². The number of imidazole rings is 1. The number of aromatic amines is 1. The zero-order chi connectivity index (χ0) is 21.3. The number of hydrogen-bond acceptors (Lipinski definition) is 6. The number of nitrogens with one attached hydrogen (secondary N) is 2. The quantitative estimate of drug-likeness (QED) is 0.375. The van der Waals surface area contributed by atoms with Crippen LogP contribution in [0.3, 0.4) is 0 Å². The van der Waals surface area contributed by atoms with Crippen molar-refractivity contribution >= 4 is 34.0 Å². The van der Waals surface area contributed by atoms with Gasteiger partial charge in [-0.1, -0.05) is 0 Å². The number of nitro benzene ring substituents is 2. The van der Waals surface area contributed by atoms with E-state index in [1.165, 1.54) is 36.4 Å². The smallest absolute Gasteiger partial charge is 0.271 e. The minimum Gasteiger partial charge on any atom is -0.338 e. The molecule has 1 amide bonds. The van der Waals surface area contributed by atoms with Crippen LogP contribution in [0.15, 0.2) is 66.7 Å². The molecule has 0 aliphatic carbocycles. The first-order valence-corrected chi connectivity index (χ1v) is 8.71. The molecule has 2 N–H and O–H groups in total. The van der Waals surface area contributed by atoms with Gasteiger partial charge in [0.25, 0.3) is 17.3 Å². The minimum absolute atomic E-state index is 0.0259. The van der Waals surface area contributed by atoms with Crippen LogP contribution in [-0.2, 0) is 0 Å². The predicted octanol–water partition coefficient (Wildman–Crippen LogP) is 4.30. The lowest BCUT2D eigenvalue weighted by Crippen LogP contribution is -2.11. The van der Waals surface area contributed by atoms with E-state index in [2.05, 4.69) is 15.3 Å². The van der Waals surface area contributed by atoms with Gasteiger partial charge in [0.15, 0.2) is 0 Å². The van der Waals surface area contributed by atoms with E-state index in [-0.39, 0.29) is 11.4 Å². The van der Waals surface area contributed by atoms with Gasteiger partial charge in [-0.25, -0.2) is 4.98 Å². The number of benzene rings is 3. The number of anilines is 1. The number of carbonyl (C=O) groups excluding carboxylic acids is 1. The van der Waals surface area contributed by atoms with Crippen molar-refractivity contribution in [1.82, 2.24) is 9.97 Å². The lowest BCUT2D eigenvalue weighted by molar-refractivity contribution is -0.385. The van der Waals surface area contributed by atoms with Crippen molar-refractivity contribution in [2.24, 2.45) is 0 Å². The molecule has 0 spiro atoms. The van der Waals surface area contributed by atoms with Crippen LogP contribution >= 0.6 is 0 Å². The van der Waals surface area contributed by atoms with Gasteiger partial charge in [-0.15, -0.1) is 0 Å². The van der Waals surface area contributed by atoms with Crippen LogP contribution in [0.5, 0.6) is 0 Å². The molecule has 0 radical (unpaired) electrons. The highest BCUT2D eigenvalue weighted by Crippen LogP contribution is 2.25. The lowest BCUT2D eigenvalue weighted by atomic mass is 10.1. The van der Waals surface area contributed by atoms with Crippen LogP contribution in [0.4, 0.5) is 17.1 Å². The molecule has 0 atom stereocenters. The highest BCUT2D eigenvalue weighted by atomic mass is 16.6. The Bertz CT molecular complexity index is 1280. The van der Waals surface area contributed by atoms with Crippen LogP contribution in [-0.4, -0.2) is 25.7 Å². The number of hydrogen-bond donors (Lipinski definition) is 2. The van der Waals surface area contributed by atoms with Crippen LogP contribution in [0.2, 0.25) is 0 Å². The predicted molar refractivity (Wildman–Crippen MR) is 109 cm³/mol. The Kier molecular flexibility index (Phi) is 4.64. The average molecular weight is 403 g/mol. The van der Waals surface area contributed by atoms with Gasteiger partial charge in [-0.3, -0.25) is 25.0 Å². The minimum atomic E-state index is -0.531. The molecule has 0 saturated carbocycles. The van der Waals surface area contributed by atoms with Crippen molar-refractivity contribution in [2.75, 3.05) is 5.32 Å². The molecule has 4 rings (SSSR count). The second-order valence-electron chi connectivity index (χ2n) is 6.38. The van der Waals surface area contributed by atoms with E-state index < -0.39 is 15.8 Å². The average Bonchev–Trinajstić information content (AvgIpc) is 3.17. The molecule has 0 fully saturated rings. The molecule has 4 aromatic rings. The van der Waals surface area contributed by atoms with Crippen LogP contribution in [0, 0.1) is 20.2 Å². The van der Waals surface area contributed by atoms with Gasteiger partial charge in [-0.2, -0.15) is 0 Å². The lowest BCUT2D eigenvalue weighted by Gasteiger charge is -2.06. The van der Waals surface area contributed by atoms with Gasteiger partial charge in [0.05, 0.1) is 20.9 Å². The Balaban J connectivity index is 1.51. The maximum atomic E-state index is 12.3. The molecule has 10 nitrogen and oxygen atoms in total. The van der Waals surface area contributed by atoms with Crippen LogP contribution < -0.4 is 5.32 Å². The van der Waals surface area contributed by atoms with Gasteiger partial charge in [0.2, 0.25) is 0 Å². The first-order chi connectivity index (χ1) is 14.4. The number of rotatable bonds is 5. The number of nitrogens with zero attached hydrogens (tertiary/aromatic N) is 3. The molecule has 10 heteroatoms. The van der Waals surface area contributed by atoms with Gasteiger partial charge in [0, 0.05) is 41.1 Å². The van der Waals surface area contributed by atoms with E-state index in [9.17, 15) is 25.0 Å². The molecule has 0 saturated heterocycles. The summed E-state index contributed by atoms with van der Waals surface area (Å²) in [5.74, 6) is 0.146. The Hall–Kier alpha value is -4.60. The maximum Gasteiger partial charge on any atom is 0.271 e. The summed E-state index contributed by atoms with van der Waals surface area (Å²) >= 11 is 0. The van der Waals surface area contributed by atoms with Crippen molar-refractivity contribution in [3.8, 4) is 11.4 Å². The van der Waals surface area contributed by atoms with Gasteiger partial charge >= 0.3 is 0 Å². The molecule has 148 valence electrons. The molecule has 0 aliphatic rings. The fourth-order valence-corrected chi connectivity index (χ4v) is 2.90. The number of H-pyrrole nitrogens is 1. The number of fused-ring (bicyclic) bond motifs is 1. The van der Waals surface area contributed by atoms with Gasteiger partial charge in [-0.05, 0) is 42.5 Å². The first-order valence-electron chi connectivity index (χ1n) is 8.71. The summed E-state index contributed by atoms with van der Waals surface area (Å²) < 4.78 is 0. The molecule has 0 bridgehead atoms. The molecular formula is C20H13N5O5. The zero-order valence-electron chi connectivity index (χ0n) is 15.2. The number of carbonyl (C=O) groups is 1. The van der Waals surface area contributed by atoms with Crippen molar-refractivity contribution in [3.63, 3.8) is 0 Å². The molecule has 0 unspecified atom stereocenters. The first kappa shape index (κ1) is 18.7. The molecule has 3 aromatic carbocycles. The molecule has 0 aliphatic heterocycles. The largest absolute Gasteiger partial charge is 0.338 e. The number of aromatic nitrogens is 2. The topological polar surface area (TPSA) is 144 Å². The third-order valence-corrected chi connectivity index (χ3v) is 4.43. The third-order valence-electron chi connectivity index (χ3n) is 4.43. The summed E-state index contributed by atoms with van der Waals surface area (Å²) in [6.07, 6.45) is 0. The molecule has 1 aromatic heterocycles. The number of nitro groups is 2. The number of amides is 1. The summed E-state index contributed by atoms with van der Waals surface area (Å²) in [6, 6.07) is 16.6. The van der Waals surface area contributed by atoms with E-state index in [4.69, 9.17) is 0 Å². The summed E-state index contributed by atoms with van der Waals surface area (Å²) in [4.78, 5) is 40.4.